The number of fused-ring (bicyclic) bond motifs is 1. The summed E-state index contributed by atoms with van der Waals surface area (Å²) in [5.74, 6) is 0.302. The highest BCUT2D eigenvalue weighted by Gasteiger charge is 2.25. The van der Waals surface area contributed by atoms with E-state index >= 15 is 0 Å². The molecule has 33 heavy (non-hydrogen) atoms. The quantitative estimate of drug-likeness (QED) is 0.429. The van der Waals surface area contributed by atoms with Gasteiger partial charge in [-0.2, -0.15) is 5.10 Å². The van der Waals surface area contributed by atoms with Gasteiger partial charge in [0.25, 0.3) is 0 Å². The number of hydrogen-bond donors (Lipinski definition) is 1. The summed E-state index contributed by atoms with van der Waals surface area (Å²) < 4.78 is 7.33. The molecule has 0 aliphatic carbocycles. The molecule has 0 saturated carbocycles. The Labute approximate surface area is 191 Å². The molecular formula is C24H27N7O2. The zero-order valence-corrected chi connectivity index (χ0v) is 18.9. The van der Waals surface area contributed by atoms with Crippen LogP contribution in [0.1, 0.15) is 48.7 Å². The smallest absolute Gasteiger partial charge is 0.247 e. The van der Waals surface area contributed by atoms with Crippen molar-refractivity contribution in [2.45, 2.75) is 45.1 Å². The molecule has 0 radical (unpaired) electrons. The molecule has 1 fully saturated rings. The number of pyridine rings is 1. The molecule has 5 rings (SSSR count). The average Bonchev–Trinajstić information content (AvgIpc) is 3.58. The number of nitrogen functional groups attached to an aromatic ring is 1. The molecular weight excluding hydrogens is 418 g/mol. The maximum Gasteiger partial charge on any atom is 0.247 e. The van der Waals surface area contributed by atoms with Crippen molar-refractivity contribution in [3.63, 3.8) is 0 Å². The maximum atomic E-state index is 13.1. The molecule has 1 aliphatic heterocycles. The summed E-state index contributed by atoms with van der Waals surface area (Å²) >= 11 is 0. The van der Waals surface area contributed by atoms with Crippen molar-refractivity contribution in [3.8, 4) is 22.8 Å². The van der Waals surface area contributed by atoms with Crippen molar-refractivity contribution in [1.29, 1.82) is 0 Å². The molecule has 170 valence electrons. The van der Waals surface area contributed by atoms with E-state index in [-0.39, 0.29) is 17.3 Å². The molecule has 1 saturated heterocycles. The molecule has 0 spiro atoms. The Morgan fingerprint density at radius 3 is 2.91 bits per heavy atom. The van der Waals surface area contributed by atoms with Gasteiger partial charge in [-0.3, -0.25) is 4.79 Å². The molecule has 4 aromatic heterocycles. The molecule has 1 unspecified atom stereocenters. The van der Waals surface area contributed by atoms with E-state index < -0.39 is 0 Å². The Hall–Kier alpha value is -3.59. The highest BCUT2D eigenvalue weighted by atomic mass is 16.3. The lowest BCUT2D eigenvalue weighted by Crippen LogP contribution is -2.25. The lowest BCUT2D eigenvalue weighted by molar-refractivity contribution is 0.0966. The number of anilines is 1. The lowest BCUT2D eigenvalue weighted by Gasteiger charge is -2.18. The first-order valence-corrected chi connectivity index (χ1v) is 11.3. The van der Waals surface area contributed by atoms with Crippen LogP contribution in [-0.2, 0) is 6.42 Å². The van der Waals surface area contributed by atoms with Crippen molar-refractivity contribution in [2.75, 3.05) is 19.3 Å². The van der Waals surface area contributed by atoms with Crippen LogP contribution in [0.5, 0.6) is 0 Å². The molecule has 1 aliphatic rings. The summed E-state index contributed by atoms with van der Waals surface area (Å²) in [7, 11) is 2.11. The summed E-state index contributed by atoms with van der Waals surface area (Å²) in [5, 5.41) is 4.40. The molecule has 0 bridgehead atoms. The Bertz CT molecular complexity index is 1300. The number of carbonyl (C=O) groups excluding carboxylic acids is 1. The third-order valence-electron chi connectivity index (χ3n) is 6.45. The van der Waals surface area contributed by atoms with Gasteiger partial charge in [-0.15, -0.1) is 0 Å². The predicted octanol–water partition coefficient (Wildman–Crippen LogP) is 3.65. The average molecular weight is 446 g/mol. The fraction of sp³-hybridized carbons (Fsp3) is 0.375. The van der Waals surface area contributed by atoms with Gasteiger partial charge in [-0.1, -0.05) is 6.92 Å². The van der Waals surface area contributed by atoms with E-state index in [1.807, 2.05) is 29.0 Å². The number of aryl methyl sites for hydroxylation is 1. The van der Waals surface area contributed by atoms with Crippen LogP contribution < -0.4 is 5.73 Å². The van der Waals surface area contributed by atoms with Crippen LogP contribution in [-0.4, -0.2) is 54.9 Å². The summed E-state index contributed by atoms with van der Waals surface area (Å²) in [4.78, 5) is 28.9. The Morgan fingerprint density at radius 1 is 1.30 bits per heavy atom. The number of hydrogen-bond acceptors (Lipinski definition) is 8. The second-order valence-corrected chi connectivity index (χ2v) is 8.50. The third kappa shape index (κ3) is 4.00. The highest BCUT2D eigenvalue weighted by molar-refractivity contribution is 5.99. The van der Waals surface area contributed by atoms with Gasteiger partial charge < -0.3 is 15.1 Å². The van der Waals surface area contributed by atoms with E-state index in [9.17, 15) is 4.79 Å². The fourth-order valence-electron chi connectivity index (χ4n) is 4.56. The van der Waals surface area contributed by atoms with Gasteiger partial charge in [0.2, 0.25) is 5.89 Å². The Balaban J connectivity index is 1.56. The second kappa shape index (κ2) is 8.74. The van der Waals surface area contributed by atoms with E-state index in [4.69, 9.17) is 15.1 Å². The van der Waals surface area contributed by atoms with E-state index in [0.717, 1.165) is 42.5 Å². The molecule has 0 amide bonds. The molecule has 0 aromatic carbocycles. The number of likely N-dealkylation sites (tertiary alicyclic amines) is 1. The van der Waals surface area contributed by atoms with Crippen molar-refractivity contribution in [2.24, 2.45) is 0 Å². The number of ketones is 1. The molecule has 4 aromatic rings. The van der Waals surface area contributed by atoms with Crippen molar-refractivity contribution < 1.29 is 9.21 Å². The number of carbonyl (C=O) groups is 1. The molecule has 2 N–H and O–H groups in total. The standard InChI is InChI=1S/C24H27N7O2/c1-3-15-14-27-31-11-8-16(13-18(15)31)20-22(24-26-9-12-33-24)29-23(25)21(28-20)19(32)7-6-17-5-4-10-30(17)2/h8-9,11-14,17H,3-7,10H2,1-2H3,(H2,25,29). The van der Waals surface area contributed by atoms with Crippen molar-refractivity contribution in [3.05, 3.63) is 48.2 Å². The number of nitrogens with zero attached hydrogens (tertiary/aromatic N) is 6. The molecule has 9 nitrogen and oxygen atoms in total. The van der Waals surface area contributed by atoms with Crippen LogP contribution >= 0.6 is 0 Å². The summed E-state index contributed by atoms with van der Waals surface area (Å²) in [5.41, 5.74) is 10.2. The van der Waals surface area contributed by atoms with Crippen LogP contribution in [0.4, 0.5) is 5.82 Å². The largest absolute Gasteiger partial charge is 0.443 e. The van der Waals surface area contributed by atoms with Crippen LogP contribution in [0.3, 0.4) is 0 Å². The number of rotatable bonds is 7. The van der Waals surface area contributed by atoms with Crippen LogP contribution in [0, 0.1) is 0 Å². The van der Waals surface area contributed by atoms with Gasteiger partial charge in [0.05, 0.1) is 17.9 Å². The van der Waals surface area contributed by atoms with Gasteiger partial charge >= 0.3 is 0 Å². The number of oxazole rings is 1. The first kappa shape index (κ1) is 21.3. The van der Waals surface area contributed by atoms with Gasteiger partial charge in [0, 0.05) is 24.2 Å². The van der Waals surface area contributed by atoms with Gasteiger partial charge in [0.15, 0.2) is 17.3 Å². The monoisotopic (exact) mass is 445 g/mol. The van der Waals surface area contributed by atoms with Crippen LogP contribution in [0.2, 0.25) is 0 Å². The van der Waals surface area contributed by atoms with Gasteiger partial charge in [0.1, 0.15) is 17.7 Å². The van der Waals surface area contributed by atoms with E-state index in [2.05, 4.69) is 33.9 Å². The summed E-state index contributed by atoms with van der Waals surface area (Å²) in [6, 6.07) is 4.32. The van der Waals surface area contributed by atoms with E-state index in [1.165, 1.54) is 12.7 Å². The Kier molecular flexibility index (Phi) is 5.63. The topological polar surface area (TPSA) is 115 Å². The van der Waals surface area contributed by atoms with Gasteiger partial charge in [-0.05, 0) is 57.0 Å². The number of Topliss-reactive ketones (excluding diaryl/α,β-unsaturated/α-hetero) is 1. The molecule has 9 heteroatoms. The van der Waals surface area contributed by atoms with Crippen LogP contribution in [0.25, 0.3) is 28.4 Å². The lowest BCUT2D eigenvalue weighted by atomic mass is 10.0. The minimum Gasteiger partial charge on any atom is -0.443 e. The normalized spacial score (nSPS) is 16.6. The zero-order chi connectivity index (χ0) is 22.9. The van der Waals surface area contributed by atoms with Crippen molar-refractivity contribution >= 4 is 17.1 Å². The zero-order valence-electron chi connectivity index (χ0n) is 18.9. The number of nitrogens with two attached hydrogens (primary N) is 1. The SMILES string of the molecule is CCc1cnn2ccc(-c3nc(C(=O)CCC4CCCN4C)c(N)nc3-c3ncco3)cc12. The molecule has 1 atom stereocenters. The fourth-order valence-corrected chi connectivity index (χ4v) is 4.56. The van der Waals surface area contributed by atoms with Crippen LogP contribution in [0.15, 0.2) is 41.4 Å². The third-order valence-corrected chi connectivity index (χ3v) is 6.45. The minimum absolute atomic E-state index is 0.0939. The van der Waals surface area contributed by atoms with Crippen molar-refractivity contribution in [1.82, 2.24) is 29.5 Å². The predicted molar refractivity (Wildman–Crippen MR) is 125 cm³/mol. The van der Waals surface area contributed by atoms with E-state index in [0.29, 0.717) is 29.7 Å². The maximum absolute atomic E-state index is 13.1. The summed E-state index contributed by atoms with van der Waals surface area (Å²) in [6.45, 7) is 3.16. The molecule has 5 heterocycles. The first-order valence-electron chi connectivity index (χ1n) is 11.3. The Morgan fingerprint density at radius 2 is 2.18 bits per heavy atom. The highest BCUT2D eigenvalue weighted by Crippen LogP contribution is 2.32. The summed E-state index contributed by atoms with van der Waals surface area (Å²) in [6.07, 6.45) is 11.1. The number of aromatic nitrogens is 5. The second-order valence-electron chi connectivity index (χ2n) is 8.50. The first-order chi connectivity index (χ1) is 16.0. The minimum atomic E-state index is -0.0971. The van der Waals surface area contributed by atoms with Gasteiger partial charge in [-0.25, -0.2) is 19.5 Å². The van der Waals surface area contributed by atoms with E-state index in [1.54, 1.807) is 6.20 Å².